The number of nitro groups is 1. The molecule has 0 aromatic heterocycles. The van der Waals surface area contributed by atoms with Gasteiger partial charge in [0.2, 0.25) is 5.91 Å². The molecule has 30 heavy (non-hydrogen) atoms. The van der Waals surface area contributed by atoms with Crippen LogP contribution in [0.4, 0.5) is 11.4 Å². The van der Waals surface area contributed by atoms with Crippen molar-refractivity contribution in [1.29, 1.82) is 0 Å². The van der Waals surface area contributed by atoms with Crippen LogP contribution in [0.15, 0.2) is 46.2 Å². The van der Waals surface area contributed by atoms with Gasteiger partial charge in [-0.05, 0) is 37.3 Å². The van der Waals surface area contributed by atoms with Crippen molar-refractivity contribution in [3.63, 3.8) is 0 Å². The Balaban J connectivity index is 1.92. The summed E-state index contributed by atoms with van der Waals surface area (Å²) in [4.78, 5) is 23.4. The van der Waals surface area contributed by atoms with Crippen molar-refractivity contribution in [2.24, 2.45) is 0 Å². The van der Waals surface area contributed by atoms with Gasteiger partial charge in [0.15, 0.2) is 9.84 Å². The van der Waals surface area contributed by atoms with Crippen LogP contribution < -0.4 is 10.6 Å². The van der Waals surface area contributed by atoms with E-state index in [4.69, 9.17) is 23.2 Å². The van der Waals surface area contributed by atoms with Crippen LogP contribution in [0.5, 0.6) is 0 Å². The van der Waals surface area contributed by atoms with Gasteiger partial charge in [0, 0.05) is 35.3 Å². The van der Waals surface area contributed by atoms with E-state index in [0.29, 0.717) is 14.9 Å². The number of nitrogens with zero attached hydrogens (tertiary/aromatic N) is 1. The van der Waals surface area contributed by atoms with E-state index in [1.165, 1.54) is 23.9 Å². The summed E-state index contributed by atoms with van der Waals surface area (Å²) in [5.41, 5.74) is -0.196. The minimum absolute atomic E-state index is 0.140. The Bertz CT molecular complexity index is 1060. The van der Waals surface area contributed by atoms with Gasteiger partial charge in [0.05, 0.1) is 20.1 Å². The second kappa shape index (κ2) is 10.3. The van der Waals surface area contributed by atoms with Gasteiger partial charge >= 0.3 is 0 Å². The van der Waals surface area contributed by atoms with Crippen molar-refractivity contribution < 1.29 is 18.1 Å². The summed E-state index contributed by atoms with van der Waals surface area (Å²) in [5, 5.41) is 17.4. The Morgan fingerprint density at radius 2 is 1.90 bits per heavy atom. The predicted octanol–water partition coefficient (Wildman–Crippen LogP) is 4.01. The Kier molecular flexibility index (Phi) is 8.36. The molecule has 1 amide bonds. The molecule has 0 saturated carbocycles. The van der Waals surface area contributed by atoms with E-state index in [0.717, 1.165) is 12.3 Å². The molecule has 162 valence electrons. The van der Waals surface area contributed by atoms with Crippen LogP contribution in [0, 0.1) is 10.1 Å². The fourth-order valence-corrected chi connectivity index (χ4v) is 4.46. The molecule has 0 aliphatic heterocycles. The molecule has 0 spiro atoms. The number of halogens is 2. The van der Waals surface area contributed by atoms with Gasteiger partial charge in [-0.15, -0.1) is 11.8 Å². The highest BCUT2D eigenvalue weighted by Gasteiger charge is 2.19. The van der Waals surface area contributed by atoms with Crippen LogP contribution >= 0.6 is 35.0 Å². The molecule has 0 bridgehead atoms. The number of sulfone groups is 1. The van der Waals surface area contributed by atoms with E-state index in [-0.39, 0.29) is 35.3 Å². The van der Waals surface area contributed by atoms with Crippen LogP contribution in [0.25, 0.3) is 0 Å². The van der Waals surface area contributed by atoms with E-state index in [2.05, 4.69) is 10.6 Å². The summed E-state index contributed by atoms with van der Waals surface area (Å²) >= 11 is 13.3. The molecule has 2 aromatic carbocycles. The first-order chi connectivity index (χ1) is 14.0. The number of nitro benzene ring substituents is 1. The standard InChI is InChI=1S/C18H19Cl2N3O5S2/c1-11(29-17-9-12(19)3-5-14(17)20)18(24)22-8-7-21-15-6-4-13(30(2,27)28)10-16(15)23(25)26/h3-6,9-11,21H,7-8H2,1-2H3,(H,22,24). The second-order valence-electron chi connectivity index (χ2n) is 6.26. The molecular formula is C18H19Cl2N3O5S2. The lowest BCUT2D eigenvalue weighted by atomic mass is 10.2. The van der Waals surface area contributed by atoms with Gasteiger partial charge < -0.3 is 10.6 Å². The van der Waals surface area contributed by atoms with E-state index in [9.17, 15) is 23.3 Å². The fourth-order valence-electron chi connectivity index (χ4n) is 2.38. The van der Waals surface area contributed by atoms with Crippen LogP contribution in [0.2, 0.25) is 10.0 Å². The lowest BCUT2D eigenvalue weighted by Crippen LogP contribution is -2.34. The van der Waals surface area contributed by atoms with E-state index >= 15 is 0 Å². The van der Waals surface area contributed by atoms with Gasteiger partial charge in [-0.3, -0.25) is 14.9 Å². The minimum atomic E-state index is -3.56. The summed E-state index contributed by atoms with van der Waals surface area (Å²) in [6.07, 6.45) is 0.977. The van der Waals surface area contributed by atoms with Gasteiger partial charge in [-0.2, -0.15) is 0 Å². The topological polar surface area (TPSA) is 118 Å². The van der Waals surface area contributed by atoms with E-state index < -0.39 is 20.0 Å². The quantitative estimate of drug-likeness (QED) is 0.235. The van der Waals surface area contributed by atoms with Crippen LogP contribution in [0.1, 0.15) is 6.92 Å². The highest BCUT2D eigenvalue weighted by atomic mass is 35.5. The molecule has 8 nitrogen and oxygen atoms in total. The number of rotatable bonds is 9. The molecular weight excluding hydrogens is 473 g/mol. The molecule has 0 saturated heterocycles. The second-order valence-corrected chi connectivity index (χ2v) is 10.5. The predicted molar refractivity (Wildman–Crippen MR) is 119 cm³/mol. The third-order valence-electron chi connectivity index (χ3n) is 3.90. The largest absolute Gasteiger partial charge is 0.378 e. The number of carbonyl (C=O) groups is 1. The number of anilines is 1. The molecule has 2 aromatic rings. The van der Waals surface area contributed by atoms with Crippen molar-refractivity contribution in [1.82, 2.24) is 5.32 Å². The van der Waals surface area contributed by atoms with Crippen molar-refractivity contribution in [3.05, 3.63) is 56.6 Å². The molecule has 12 heteroatoms. The average molecular weight is 492 g/mol. The minimum Gasteiger partial charge on any atom is -0.378 e. The lowest BCUT2D eigenvalue weighted by molar-refractivity contribution is -0.384. The smallest absolute Gasteiger partial charge is 0.293 e. The zero-order valence-corrected chi connectivity index (χ0v) is 19.2. The van der Waals surface area contributed by atoms with Gasteiger partial charge in [-0.25, -0.2) is 8.42 Å². The average Bonchev–Trinajstić information content (AvgIpc) is 2.66. The zero-order chi connectivity index (χ0) is 22.5. The van der Waals surface area contributed by atoms with E-state index in [1.54, 1.807) is 25.1 Å². The summed E-state index contributed by atoms with van der Waals surface area (Å²) < 4.78 is 23.2. The number of benzene rings is 2. The third kappa shape index (κ3) is 6.76. The van der Waals surface area contributed by atoms with Crippen LogP contribution in [-0.2, 0) is 14.6 Å². The first kappa shape index (κ1) is 24.3. The maximum Gasteiger partial charge on any atom is 0.293 e. The lowest BCUT2D eigenvalue weighted by Gasteiger charge is -2.14. The monoisotopic (exact) mass is 491 g/mol. The molecule has 1 atom stereocenters. The molecule has 2 N–H and O–H groups in total. The first-order valence-corrected chi connectivity index (χ1v) is 12.1. The molecule has 0 fully saturated rings. The Labute approximate surface area is 188 Å². The van der Waals surface area contributed by atoms with Gasteiger partial charge in [-0.1, -0.05) is 23.2 Å². The highest BCUT2D eigenvalue weighted by Crippen LogP contribution is 2.32. The SMILES string of the molecule is CC(Sc1cc(Cl)ccc1Cl)C(=O)NCCNc1ccc(S(C)(=O)=O)cc1[N+](=O)[O-]. The molecule has 0 radical (unpaired) electrons. The molecule has 0 heterocycles. The van der Waals surface area contributed by atoms with Gasteiger partial charge in [0.1, 0.15) is 5.69 Å². The molecule has 2 rings (SSSR count). The number of carbonyl (C=O) groups excluding carboxylic acids is 1. The number of hydrogen-bond acceptors (Lipinski definition) is 7. The Morgan fingerprint density at radius 1 is 1.20 bits per heavy atom. The summed E-state index contributed by atoms with van der Waals surface area (Å²) in [5.74, 6) is -0.236. The summed E-state index contributed by atoms with van der Waals surface area (Å²) in [6.45, 7) is 2.14. The van der Waals surface area contributed by atoms with Crippen molar-refractivity contribution in [2.75, 3.05) is 24.7 Å². The molecule has 1 unspecified atom stereocenters. The summed E-state index contributed by atoms with van der Waals surface area (Å²) in [6, 6.07) is 8.62. The number of amides is 1. The number of thioether (sulfide) groups is 1. The van der Waals surface area contributed by atoms with Crippen LogP contribution in [-0.4, -0.2) is 43.8 Å². The Hall–Kier alpha value is -2.01. The fraction of sp³-hybridized carbons (Fsp3) is 0.278. The third-order valence-corrected chi connectivity index (χ3v) is 6.85. The number of nitrogens with one attached hydrogen (secondary N) is 2. The first-order valence-electron chi connectivity index (χ1n) is 8.61. The molecule has 0 aliphatic carbocycles. The summed E-state index contributed by atoms with van der Waals surface area (Å²) in [7, 11) is -3.56. The van der Waals surface area contributed by atoms with Crippen LogP contribution in [0.3, 0.4) is 0 Å². The zero-order valence-electron chi connectivity index (χ0n) is 16.0. The van der Waals surface area contributed by atoms with Crippen molar-refractivity contribution in [2.45, 2.75) is 22.0 Å². The maximum absolute atomic E-state index is 12.3. The van der Waals surface area contributed by atoms with Gasteiger partial charge in [0.25, 0.3) is 5.69 Å². The normalized spacial score (nSPS) is 12.3. The maximum atomic E-state index is 12.3. The highest BCUT2D eigenvalue weighted by molar-refractivity contribution is 8.00. The Morgan fingerprint density at radius 3 is 2.53 bits per heavy atom. The van der Waals surface area contributed by atoms with E-state index in [1.807, 2.05) is 0 Å². The molecule has 0 aliphatic rings. The van der Waals surface area contributed by atoms with Crippen molar-refractivity contribution >= 4 is 62.1 Å². The van der Waals surface area contributed by atoms with Crippen molar-refractivity contribution in [3.8, 4) is 0 Å². The number of hydrogen-bond donors (Lipinski definition) is 2.